The highest BCUT2D eigenvalue weighted by atomic mass is 32.2. The summed E-state index contributed by atoms with van der Waals surface area (Å²) in [5.74, 6) is 0.680. The molecular weight excluding hydrogens is 454 g/mol. The molecule has 2 heterocycles. The minimum atomic E-state index is -0.131. The van der Waals surface area contributed by atoms with Gasteiger partial charge in [0.05, 0.1) is 23.9 Å². The summed E-state index contributed by atoms with van der Waals surface area (Å²) in [7, 11) is 1.59. The van der Waals surface area contributed by atoms with Crippen LogP contribution in [0.15, 0.2) is 64.5 Å². The van der Waals surface area contributed by atoms with Crippen molar-refractivity contribution in [2.45, 2.75) is 32.0 Å². The number of fused-ring (bicyclic) bond motifs is 1. The Morgan fingerprint density at radius 2 is 1.97 bits per heavy atom. The Balaban J connectivity index is 1.68. The second-order valence-electron chi connectivity index (χ2n) is 7.47. The van der Waals surface area contributed by atoms with E-state index in [2.05, 4.69) is 12.2 Å². The number of hydrogen-bond donors (Lipinski definition) is 1. The predicted molar refractivity (Wildman–Crippen MR) is 135 cm³/mol. The van der Waals surface area contributed by atoms with Crippen LogP contribution in [0.4, 0.5) is 0 Å². The average molecular weight is 480 g/mol. The summed E-state index contributed by atoms with van der Waals surface area (Å²) < 4.78 is 6.94. The van der Waals surface area contributed by atoms with Crippen LogP contribution >= 0.6 is 23.1 Å². The Hall–Kier alpha value is -3.10. The third kappa shape index (κ3) is 4.96. The number of nitrogens with zero attached hydrogens (tertiary/aromatic N) is 2. The van der Waals surface area contributed by atoms with Crippen LogP contribution in [-0.4, -0.2) is 28.3 Å². The quantitative estimate of drug-likeness (QED) is 0.292. The Morgan fingerprint density at radius 1 is 1.18 bits per heavy atom. The molecule has 1 N–H and O–H groups in total. The van der Waals surface area contributed by atoms with Gasteiger partial charge in [0.1, 0.15) is 10.6 Å². The van der Waals surface area contributed by atoms with E-state index >= 15 is 0 Å². The smallest absolute Gasteiger partial charge is 0.267 e. The van der Waals surface area contributed by atoms with E-state index in [0.29, 0.717) is 33.4 Å². The van der Waals surface area contributed by atoms with Gasteiger partial charge in [-0.2, -0.15) is 0 Å². The summed E-state index contributed by atoms with van der Waals surface area (Å²) in [6.07, 6.45) is 0.843. The highest BCUT2D eigenvalue weighted by Crippen LogP contribution is 2.31. The molecule has 0 spiro atoms. The fraction of sp³-hybridized carbons (Fsp3) is 0.240. The normalized spacial score (nSPS) is 11.0. The molecule has 4 rings (SSSR count). The fourth-order valence-electron chi connectivity index (χ4n) is 3.60. The number of methoxy groups -OCH3 is 1. The number of carbonyl (C=O) groups is 1. The van der Waals surface area contributed by atoms with Crippen LogP contribution in [0.2, 0.25) is 0 Å². The topological polar surface area (TPSA) is 73.2 Å². The number of thioether (sulfide) groups is 1. The van der Waals surface area contributed by atoms with Crippen molar-refractivity contribution >= 4 is 39.2 Å². The van der Waals surface area contributed by atoms with E-state index in [-0.39, 0.29) is 17.2 Å². The molecule has 33 heavy (non-hydrogen) atoms. The summed E-state index contributed by atoms with van der Waals surface area (Å²) >= 11 is 2.80. The molecule has 170 valence electrons. The number of hydrogen-bond acceptors (Lipinski definition) is 6. The minimum absolute atomic E-state index is 0.119. The summed E-state index contributed by atoms with van der Waals surface area (Å²) in [4.78, 5) is 32.8. The van der Waals surface area contributed by atoms with Crippen molar-refractivity contribution in [3.63, 3.8) is 0 Å². The molecule has 4 aromatic rings. The molecule has 0 saturated carbocycles. The lowest BCUT2D eigenvalue weighted by atomic mass is 10.2. The molecule has 8 heteroatoms. The Morgan fingerprint density at radius 3 is 2.70 bits per heavy atom. The molecule has 1 amide bonds. The van der Waals surface area contributed by atoms with E-state index in [1.807, 2.05) is 55.5 Å². The lowest BCUT2D eigenvalue weighted by Crippen LogP contribution is -2.26. The maximum absolute atomic E-state index is 13.6. The monoisotopic (exact) mass is 479 g/mol. The van der Waals surface area contributed by atoms with Crippen molar-refractivity contribution in [3.8, 4) is 11.4 Å². The molecule has 0 aliphatic rings. The molecule has 0 aliphatic carbocycles. The molecule has 0 saturated heterocycles. The van der Waals surface area contributed by atoms with Crippen LogP contribution in [0.3, 0.4) is 0 Å². The fourth-order valence-corrected chi connectivity index (χ4v) is 5.60. The maximum Gasteiger partial charge on any atom is 0.267 e. The van der Waals surface area contributed by atoms with Crippen molar-refractivity contribution < 1.29 is 9.53 Å². The zero-order chi connectivity index (χ0) is 23.4. The highest BCUT2D eigenvalue weighted by Gasteiger charge is 2.19. The summed E-state index contributed by atoms with van der Waals surface area (Å²) in [6.45, 7) is 4.50. The molecule has 0 bridgehead atoms. The largest absolute Gasteiger partial charge is 0.497 e. The van der Waals surface area contributed by atoms with Gasteiger partial charge in [-0.1, -0.05) is 55.1 Å². The second-order valence-corrected chi connectivity index (χ2v) is 9.50. The zero-order valence-corrected chi connectivity index (χ0v) is 20.4. The van der Waals surface area contributed by atoms with Crippen molar-refractivity contribution in [2.75, 3.05) is 12.9 Å². The number of aryl methyl sites for hydroxylation is 2. The van der Waals surface area contributed by atoms with Gasteiger partial charge in [0.15, 0.2) is 5.16 Å². The Kier molecular flexibility index (Phi) is 7.15. The first-order valence-electron chi connectivity index (χ1n) is 10.6. The number of rotatable bonds is 8. The van der Waals surface area contributed by atoms with Gasteiger partial charge in [-0.05, 0) is 36.6 Å². The number of amides is 1. The first kappa shape index (κ1) is 23.1. The van der Waals surface area contributed by atoms with Gasteiger partial charge in [-0.25, -0.2) is 4.98 Å². The summed E-state index contributed by atoms with van der Waals surface area (Å²) in [5.41, 5.74) is 2.53. The number of ether oxygens (including phenoxy) is 1. The lowest BCUT2D eigenvalue weighted by molar-refractivity contribution is -0.118. The molecule has 0 radical (unpaired) electrons. The van der Waals surface area contributed by atoms with Crippen LogP contribution in [-0.2, 0) is 17.8 Å². The maximum atomic E-state index is 13.6. The van der Waals surface area contributed by atoms with E-state index in [1.54, 1.807) is 29.1 Å². The van der Waals surface area contributed by atoms with Crippen molar-refractivity contribution in [2.24, 2.45) is 0 Å². The van der Waals surface area contributed by atoms with Crippen LogP contribution in [0, 0.1) is 6.92 Å². The van der Waals surface area contributed by atoms with Crippen LogP contribution in [0.25, 0.3) is 15.9 Å². The van der Waals surface area contributed by atoms with Crippen LogP contribution in [0.1, 0.15) is 22.9 Å². The molecule has 6 nitrogen and oxygen atoms in total. The third-order valence-electron chi connectivity index (χ3n) is 5.33. The first-order valence-corrected chi connectivity index (χ1v) is 12.4. The van der Waals surface area contributed by atoms with Gasteiger partial charge in [0.25, 0.3) is 5.56 Å². The van der Waals surface area contributed by atoms with Gasteiger partial charge in [-0.3, -0.25) is 14.2 Å². The van der Waals surface area contributed by atoms with E-state index < -0.39 is 0 Å². The number of thiophene rings is 1. The van der Waals surface area contributed by atoms with E-state index in [1.165, 1.54) is 11.8 Å². The second kappa shape index (κ2) is 10.2. The van der Waals surface area contributed by atoms with Crippen LogP contribution in [0.5, 0.6) is 5.75 Å². The molecule has 0 atom stereocenters. The van der Waals surface area contributed by atoms with E-state index in [4.69, 9.17) is 9.72 Å². The molecule has 0 aliphatic heterocycles. The molecule has 2 aromatic carbocycles. The molecular formula is C25H25N3O3S2. The number of benzene rings is 2. The number of aromatic nitrogens is 2. The third-order valence-corrected chi connectivity index (χ3v) is 7.60. The van der Waals surface area contributed by atoms with Crippen LogP contribution < -0.4 is 15.6 Å². The van der Waals surface area contributed by atoms with Crippen molar-refractivity contribution in [3.05, 3.63) is 81.0 Å². The highest BCUT2D eigenvalue weighted by molar-refractivity contribution is 7.99. The van der Waals surface area contributed by atoms with Gasteiger partial charge >= 0.3 is 0 Å². The summed E-state index contributed by atoms with van der Waals surface area (Å²) in [6, 6.07) is 17.1. The molecule has 2 aromatic heterocycles. The van der Waals surface area contributed by atoms with Gasteiger partial charge in [0, 0.05) is 17.5 Å². The standard InChI is InChI=1S/C25H25N3O3S2/c1-4-20-16(2)22-23(33-20)27-25(28(24(22)30)18-11-8-12-19(13-18)31-3)32-15-21(29)26-14-17-9-6-5-7-10-17/h5-13H,4,14-15H2,1-3H3,(H,26,29). The summed E-state index contributed by atoms with van der Waals surface area (Å²) in [5, 5.41) is 4.05. The number of nitrogens with one attached hydrogen (secondary N) is 1. The predicted octanol–water partition coefficient (Wildman–Crippen LogP) is 4.74. The zero-order valence-electron chi connectivity index (χ0n) is 18.8. The Labute approximate surface area is 200 Å². The first-order chi connectivity index (χ1) is 16.0. The van der Waals surface area contributed by atoms with Gasteiger partial charge < -0.3 is 10.1 Å². The van der Waals surface area contributed by atoms with Gasteiger partial charge in [-0.15, -0.1) is 11.3 Å². The van der Waals surface area contributed by atoms with Crippen molar-refractivity contribution in [1.82, 2.24) is 14.9 Å². The van der Waals surface area contributed by atoms with E-state index in [9.17, 15) is 9.59 Å². The average Bonchev–Trinajstić information content (AvgIpc) is 3.17. The minimum Gasteiger partial charge on any atom is -0.497 e. The van der Waals surface area contributed by atoms with Crippen molar-refractivity contribution in [1.29, 1.82) is 0 Å². The molecule has 0 unspecified atom stereocenters. The number of carbonyl (C=O) groups excluding carboxylic acids is 1. The lowest BCUT2D eigenvalue weighted by Gasteiger charge is -2.13. The molecule has 0 fully saturated rings. The van der Waals surface area contributed by atoms with E-state index in [0.717, 1.165) is 22.4 Å². The van der Waals surface area contributed by atoms with Gasteiger partial charge in [0.2, 0.25) is 5.91 Å². The SMILES string of the molecule is CCc1sc2nc(SCC(=O)NCc3ccccc3)n(-c3cccc(OC)c3)c(=O)c2c1C. The Bertz CT molecular complexity index is 1350.